The average molecular weight is 534 g/mol. The SMILES string of the molecule is C[C@@H](OC(=O)N/C(=C(/N)c1ccc(NC(=O)c2ccc(C(F)F)nc2)cn1)N(C)N)c1cc(F)cnc1F. The molecule has 3 aromatic rings. The van der Waals surface area contributed by atoms with E-state index < -0.39 is 42.0 Å². The summed E-state index contributed by atoms with van der Waals surface area (Å²) in [5, 5.41) is 5.82. The van der Waals surface area contributed by atoms with Crippen LogP contribution in [0.3, 0.4) is 0 Å². The van der Waals surface area contributed by atoms with Gasteiger partial charge in [0.25, 0.3) is 12.3 Å². The number of ether oxygens (including phenoxy) is 1. The monoisotopic (exact) mass is 534 g/mol. The molecule has 0 saturated heterocycles. The molecule has 0 aliphatic carbocycles. The van der Waals surface area contributed by atoms with E-state index in [-0.39, 0.29) is 34.0 Å². The van der Waals surface area contributed by atoms with Crippen LogP contribution in [0.5, 0.6) is 0 Å². The number of hydrogen-bond acceptors (Lipinski definition) is 9. The summed E-state index contributed by atoms with van der Waals surface area (Å²) in [6, 6.07) is 5.96. The van der Waals surface area contributed by atoms with Crippen molar-refractivity contribution in [3.63, 3.8) is 0 Å². The summed E-state index contributed by atoms with van der Waals surface area (Å²) in [4.78, 5) is 35.6. The van der Waals surface area contributed by atoms with E-state index in [9.17, 15) is 27.2 Å². The Kier molecular flexibility index (Phi) is 8.75. The van der Waals surface area contributed by atoms with Gasteiger partial charge in [-0.15, -0.1) is 0 Å². The topological polar surface area (TPSA) is 161 Å². The highest BCUT2D eigenvalue weighted by Gasteiger charge is 2.20. The van der Waals surface area contributed by atoms with Gasteiger partial charge in [0.1, 0.15) is 23.3 Å². The third-order valence-corrected chi connectivity index (χ3v) is 4.95. The van der Waals surface area contributed by atoms with Crippen molar-refractivity contribution in [2.75, 3.05) is 12.4 Å². The number of aromatic nitrogens is 3. The minimum Gasteiger partial charge on any atom is -0.441 e. The van der Waals surface area contributed by atoms with Crippen LogP contribution in [0, 0.1) is 11.8 Å². The lowest BCUT2D eigenvalue weighted by molar-refractivity contribution is 0.102. The van der Waals surface area contributed by atoms with Crippen LogP contribution in [0.15, 0.2) is 54.7 Å². The molecule has 6 N–H and O–H groups in total. The number of alkyl halides is 2. The second kappa shape index (κ2) is 12.0. The molecule has 38 heavy (non-hydrogen) atoms. The maximum atomic E-state index is 13.9. The van der Waals surface area contributed by atoms with E-state index in [4.69, 9.17) is 16.3 Å². The summed E-state index contributed by atoms with van der Waals surface area (Å²) >= 11 is 0. The molecule has 0 saturated carbocycles. The summed E-state index contributed by atoms with van der Waals surface area (Å²) in [6.45, 7) is 1.32. The van der Waals surface area contributed by atoms with Crippen LogP contribution in [-0.4, -0.2) is 39.0 Å². The number of anilines is 1. The van der Waals surface area contributed by atoms with Crippen LogP contribution in [-0.2, 0) is 4.74 Å². The molecule has 0 aromatic carbocycles. The van der Waals surface area contributed by atoms with E-state index in [2.05, 4.69) is 25.6 Å². The molecule has 1 atom stereocenters. The molecule has 0 spiro atoms. The number of hydrazine groups is 1. The Morgan fingerprint density at radius 3 is 2.37 bits per heavy atom. The Labute approximate surface area is 213 Å². The van der Waals surface area contributed by atoms with Crippen molar-refractivity contribution in [2.45, 2.75) is 19.5 Å². The number of nitrogens with two attached hydrogens (primary N) is 2. The van der Waals surface area contributed by atoms with Crippen molar-refractivity contribution in [1.82, 2.24) is 25.3 Å². The summed E-state index contributed by atoms with van der Waals surface area (Å²) in [5.41, 5.74) is 5.72. The number of nitrogens with zero attached hydrogens (tertiary/aromatic N) is 4. The molecule has 0 unspecified atom stereocenters. The molecule has 0 aliphatic rings. The van der Waals surface area contributed by atoms with Crippen LogP contribution < -0.4 is 22.2 Å². The second-order valence-electron chi connectivity index (χ2n) is 7.74. The second-order valence-corrected chi connectivity index (χ2v) is 7.74. The van der Waals surface area contributed by atoms with Gasteiger partial charge in [0, 0.05) is 13.2 Å². The Morgan fingerprint density at radius 1 is 1.05 bits per heavy atom. The quantitative estimate of drug-likeness (QED) is 0.147. The fourth-order valence-electron chi connectivity index (χ4n) is 3.04. The smallest absolute Gasteiger partial charge is 0.413 e. The molecule has 0 bridgehead atoms. The number of halogens is 4. The van der Waals surface area contributed by atoms with Gasteiger partial charge in [0.05, 0.1) is 34.9 Å². The third kappa shape index (κ3) is 6.91. The Hall–Kier alpha value is -4.79. The molecule has 0 radical (unpaired) electrons. The third-order valence-electron chi connectivity index (χ3n) is 4.95. The molecule has 3 heterocycles. The van der Waals surface area contributed by atoms with Gasteiger partial charge in [-0.25, -0.2) is 28.8 Å². The van der Waals surface area contributed by atoms with Crippen molar-refractivity contribution in [2.24, 2.45) is 11.6 Å². The van der Waals surface area contributed by atoms with Crippen LogP contribution in [0.2, 0.25) is 0 Å². The number of rotatable bonds is 8. The van der Waals surface area contributed by atoms with E-state index in [0.29, 0.717) is 6.20 Å². The number of nitrogens with one attached hydrogen (secondary N) is 2. The highest BCUT2D eigenvalue weighted by Crippen LogP contribution is 2.21. The fraction of sp³-hybridized carbons (Fsp3) is 0.174. The Balaban J connectivity index is 1.70. The molecular formula is C23H22F4N8O3. The lowest BCUT2D eigenvalue weighted by Gasteiger charge is -2.21. The number of hydrogen-bond donors (Lipinski definition) is 4. The number of pyridine rings is 3. The first-order chi connectivity index (χ1) is 18.0. The maximum absolute atomic E-state index is 13.9. The molecule has 0 fully saturated rings. The zero-order valence-corrected chi connectivity index (χ0v) is 20.0. The lowest BCUT2D eigenvalue weighted by atomic mass is 10.2. The van der Waals surface area contributed by atoms with Gasteiger partial charge in [-0.3, -0.25) is 25.1 Å². The van der Waals surface area contributed by atoms with Gasteiger partial charge in [0.2, 0.25) is 5.95 Å². The minimum absolute atomic E-state index is 0.0516. The first-order valence-corrected chi connectivity index (χ1v) is 10.7. The first kappa shape index (κ1) is 27.8. The zero-order valence-electron chi connectivity index (χ0n) is 20.0. The standard InChI is InChI=1S/C23H22F4N8O3/c1-11(15-7-13(24)9-32-20(15)27)38-23(37)34-21(35(2)29)18(28)16-6-4-14(10-31-16)33-22(36)12-3-5-17(19(25)26)30-8-12/h3-11,19H,28-29H2,1-2H3,(H,33,36)(H,34,37)/b21-18-/t11-/m1/s1. The maximum Gasteiger partial charge on any atom is 0.413 e. The van der Waals surface area contributed by atoms with E-state index in [1.807, 2.05) is 0 Å². The minimum atomic E-state index is -2.76. The number of alkyl carbamates (subject to hydrolysis) is 1. The van der Waals surface area contributed by atoms with E-state index in [0.717, 1.165) is 23.3 Å². The summed E-state index contributed by atoms with van der Waals surface area (Å²) < 4.78 is 57.6. The molecule has 200 valence electrons. The summed E-state index contributed by atoms with van der Waals surface area (Å²) in [5.74, 6) is 3.21. The van der Waals surface area contributed by atoms with Crippen molar-refractivity contribution in [1.29, 1.82) is 0 Å². The normalized spacial score (nSPS) is 12.4. The Morgan fingerprint density at radius 2 is 1.79 bits per heavy atom. The predicted octanol–water partition coefficient (Wildman–Crippen LogP) is 3.22. The van der Waals surface area contributed by atoms with Crippen molar-refractivity contribution in [3.8, 4) is 0 Å². The molecule has 15 heteroatoms. The van der Waals surface area contributed by atoms with E-state index in [1.54, 1.807) is 0 Å². The molecule has 3 aromatic heterocycles. The van der Waals surface area contributed by atoms with Crippen LogP contribution in [0.4, 0.5) is 28.0 Å². The molecule has 0 aliphatic heterocycles. The highest BCUT2D eigenvalue weighted by molar-refractivity contribution is 6.04. The number of amides is 2. The van der Waals surface area contributed by atoms with Crippen LogP contribution in [0.25, 0.3) is 5.70 Å². The van der Waals surface area contributed by atoms with Gasteiger partial charge in [0.15, 0.2) is 5.82 Å². The molecule has 3 rings (SSSR count). The molecular weight excluding hydrogens is 512 g/mol. The van der Waals surface area contributed by atoms with Crippen molar-refractivity contribution >= 4 is 23.4 Å². The predicted molar refractivity (Wildman–Crippen MR) is 127 cm³/mol. The first-order valence-electron chi connectivity index (χ1n) is 10.7. The van der Waals surface area contributed by atoms with Crippen molar-refractivity contribution in [3.05, 3.63) is 89.0 Å². The van der Waals surface area contributed by atoms with Gasteiger partial charge >= 0.3 is 6.09 Å². The zero-order chi connectivity index (χ0) is 28.0. The van der Waals surface area contributed by atoms with Gasteiger partial charge in [-0.1, -0.05) is 0 Å². The Bertz CT molecular complexity index is 1340. The average Bonchev–Trinajstić information content (AvgIpc) is 2.88. The molecule has 11 nitrogen and oxygen atoms in total. The van der Waals surface area contributed by atoms with Crippen LogP contribution >= 0.6 is 0 Å². The lowest BCUT2D eigenvalue weighted by Crippen LogP contribution is -2.39. The fourth-order valence-corrected chi connectivity index (χ4v) is 3.04. The van der Waals surface area contributed by atoms with Gasteiger partial charge < -0.3 is 15.8 Å². The summed E-state index contributed by atoms with van der Waals surface area (Å²) in [6.07, 6.45) is -2.07. The van der Waals surface area contributed by atoms with Gasteiger partial charge in [-0.05, 0) is 37.3 Å². The molecule has 2 amide bonds. The van der Waals surface area contributed by atoms with E-state index in [1.165, 1.54) is 38.4 Å². The van der Waals surface area contributed by atoms with E-state index >= 15 is 0 Å². The van der Waals surface area contributed by atoms with Crippen molar-refractivity contribution < 1.29 is 31.9 Å². The summed E-state index contributed by atoms with van der Waals surface area (Å²) in [7, 11) is 1.37. The largest absolute Gasteiger partial charge is 0.441 e. The highest BCUT2D eigenvalue weighted by atomic mass is 19.3. The van der Waals surface area contributed by atoms with Gasteiger partial charge in [-0.2, -0.15) is 4.39 Å². The number of carbonyl (C=O) groups is 2. The number of carbonyl (C=O) groups excluding carboxylic acids is 2. The van der Waals surface area contributed by atoms with Crippen LogP contribution in [0.1, 0.15) is 46.8 Å².